The number of carboxylic acid groups (broad SMARTS) is 1. The Morgan fingerprint density at radius 2 is 1.63 bits per heavy atom. The van der Waals surface area contributed by atoms with Crippen molar-refractivity contribution >= 4 is 18.0 Å². The molecule has 7 nitrogen and oxygen atoms in total. The van der Waals surface area contributed by atoms with Crippen molar-refractivity contribution in [3.05, 3.63) is 59.7 Å². The molecule has 2 aliphatic carbocycles. The number of benzene rings is 2. The van der Waals surface area contributed by atoms with E-state index in [2.05, 4.69) is 22.8 Å². The topological polar surface area (TPSA) is 105 Å². The van der Waals surface area contributed by atoms with Crippen molar-refractivity contribution in [3.8, 4) is 11.1 Å². The van der Waals surface area contributed by atoms with Gasteiger partial charge in [-0.3, -0.25) is 4.79 Å². The minimum atomic E-state index is -2.83. The molecule has 186 valence electrons. The summed E-state index contributed by atoms with van der Waals surface area (Å²) in [6.45, 7) is 0.207. The molecule has 0 radical (unpaired) electrons. The van der Waals surface area contributed by atoms with Gasteiger partial charge in [0.2, 0.25) is 12.3 Å². The zero-order valence-electron chi connectivity index (χ0n) is 19.1. The van der Waals surface area contributed by atoms with Gasteiger partial charge in [-0.2, -0.15) is 0 Å². The number of carbonyl (C=O) groups excluding carboxylic acids is 2. The van der Waals surface area contributed by atoms with Crippen LogP contribution in [0.2, 0.25) is 0 Å². The molecule has 0 heterocycles. The van der Waals surface area contributed by atoms with Crippen molar-refractivity contribution in [2.24, 2.45) is 5.92 Å². The number of hydrogen-bond donors (Lipinski definition) is 3. The fourth-order valence-electron chi connectivity index (χ4n) is 5.11. The second kappa shape index (κ2) is 10.8. The molecule has 1 fully saturated rings. The molecule has 35 heavy (non-hydrogen) atoms. The van der Waals surface area contributed by atoms with Gasteiger partial charge >= 0.3 is 12.1 Å². The molecule has 0 aromatic heterocycles. The minimum absolute atomic E-state index is 0.0237. The Bertz CT molecular complexity index is 1050. The SMILES string of the molecule is O=C(C[C@H]1CC[C@@H](NC(=O)OCC2c3ccccc3-c3ccccc32)C1)NC(CC(F)F)C(=O)O. The highest BCUT2D eigenvalue weighted by Gasteiger charge is 2.32. The van der Waals surface area contributed by atoms with Crippen LogP contribution < -0.4 is 10.6 Å². The van der Waals surface area contributed by atoms with Crippen LogP contribution in [0.1, 0.15) is 49.1 Å². The van der Waals surface area contributed by atoms with E-state index in [9.17, 15) is 23.2 Å². The molecule has 3 N–H and O–H groups in total. The second-order valence-corrected chi connectivity index (χ2v) is 9.14. The average Bonchev–Trinajstić information content (AvgIpc) is 3.38. The van der Waals surface area contributed by atoms with Crippen LogP contribution >= 0.6 is 0 Å². The van der Waals surface area contributed by atoms with Crippen molar-refractivity contribution in [2.75, 3.05) is 6.61 Å². The number of carbonyl (C=O) groups is 3. The van der Waals surface area contributed by atoms with E-state index in [4.69, 9.17) is 9.84 Å². The van der Waals surface area contributed by atoms with Crippen molar-refractivity contribution in [2.45, 2.75) is 56.5 Å². The monoisotopic (exact) mass is 486 g/mol. The van der Waals surface area contributed by atoms with Gasteiger partial charge in [-0.25, -0.2) is 18.4 Å². The van der Waals surface area contributed by atoms with Crippen LogP contribution in [0.25, 0.3) is 11.1 Å². The maximum absolute atomic E-state index is 12.5. The molecule has 0 spiro atoms. The highest BCUT2D eigenvalue weighted by Crippen LogP contribution is 2.44. The van der Waals surface area contributed by atoms with Crippen LogP contribution in [-0.4, -0.2) is 48.2 Å². The third-order valence-corrected chi connectivity index (χ3v) is 6.73. The molecule has 0 saturated heterocycles. The lowest BCUT2D eigenvalue weighted by molar-refractivity contribution is -0.143. The van der Waals surface area contributed by atoms with E-state index in [1.807, 2.05) is 36.4 Å². The summed E-state index contributed by atoms with van der Waals surface area (Å²) in [4.78, 5) is 35.7. The first-order valence-corrected chi connectivity index (χ1v) is 11.7. The lowest BCUT2D eigenvalue weighted by atomic mass is 9.98. The number of alkyl carbamates (subject to hydrolysis) is 1. The van der Waals surface area contributed by atoms with Crippen LogP contribution in [0.4, 0.5) is 13.6 Å². The number of carboxylic acids is 1. The Morgan fingerprint density at radius 1 is 1.00 bits per heavy atom. The normalized spacial score (nSPS) is 19.6. The first-order valence-electron chi connectivity index (χ1n) is 11.7. The molecule has 0 bridgehead atoms. The summed E-state index contributed by atoms with van der Waals surface area (Å²) in [5.74, 6) is -2.18. The summed E-state index contributed by atoms with van der Waals surface area (Å²) in [6.07, 6.45) is -2.41. The molecule has 4 rings (SSSR count). The molecule has 0 aliphatic heterocycles. The first-order chi connectivity index (χ1) is 16.8. The van der Waals surface area contributed by atoms with Crippen molar-refractivity contribution < 1.29 is 33.0 Å². The number of alkyl halides is 2. The van der Waals surface area contributed by atoms with E-state index in [0.29, 0.717) is 19.3 Å². The number of aliphatic carboxylic acids is 1. The highest BCUT2D eigenvalue weighted by atomic mass is 19.3. The van der Waals surface area contributed by atoms with Gasteiger partial charge in [0.15, 0.2) is 0 Å². The fraction of sp³-hybridized carbons (Fsp3) is 0.423. The zero-order chi connectivity index (χ0) is 24.9. The molecular weight excluding hydrogens is 458 g/mol. The van der Waals surface area contributed by atoms with Crippen LogP contribution in [0.15, 0.2) is 48.5 Å². The lowest BCUT2D eigenvalue weighted by Crippen LogP contribution is -2.42. The van der Waals surface area contributed by atoms with Gasteiger partial charge in [0.25, 0.3) is 0 Å². The largest absolute Gasteiger partial charge is 0.480 e. The molecule has 9 heteroatoms. The van der Waals surface area contributed by atoms with Crippen LogP contribution in [-0.2, 0) is 14.3 Å². The van der Waals surface area contributed by atoms with Crippen molar-refractivity contribution in [1.82, 2.24) is 10.6 Å². The van der Waals surface area contributed by atoms with Gasteiger partial charge in [0, 0.05) is 24.8 Å². The smallest absolute Gasteiger partial charge is 0.407 e. The Labute approximate surface area is 201 Å². The summed E-state index contributed by atoms with van der Waals surface area (Å²) >= 11 is 0. The van der Waals surface area contributed by atoms with E-state index >= 15 is 0 Å². The van der Waals surface area contributed by atoms with E-state index < -0.39 is 36.9 Å². The van der Waals surface area contributed by atoms with Gasteiger partial charge in [0.05, 0.1) is 0 Å². The molecule has 2 aliphatic rings. The Kier molecular flexibility index (Phi) is 7.63. The Hall–Kier alpha value is -3.49. The summed E-state index contributed by atoms with van der Waals surface area (Å²) in [7, 11) is 0. The standard InChI is InChI=1S/C26H28F2N2O5/c27-23(28)13-22(25(32)33)30-24(31)12-15-9-10-16(11-15)29-26(34)35-14-21-19-7-3-1-5-17(19)18-6-2-4-8-20(18)21/h1-8,15-16,21-23H,9-14H2,(H,29,34)(H,30,31)(H,32,33)/t15-,16+,22?/m0/s1. The number of amides is 2. The lowest BCUT2D eigenvalue weighted by Gasteiger charge is -2.17. The third kappa shape index (κ3) is 5.96. The molecule has 1 unspecified atom stereocenters. The van der Waals surface area contributed by atoms with Gasteiger partial charge in [0.1, 0.15) is 12.6 Å². The summed E-state index contributed by atoms with van der Waals surface area (Å²) in [6, 6.07) is 14.4. The molecule has 2 amide bonds. The van der Waals surface area contributed by atoms with Crippen molar-refractivity contribution in [3.63, 3.8) is 0 Å². The number of nitrogens with one attached hydrogen (secondary N) is 2. The third-order valence-electron chi connectivity index (χ3n) is 6.73. The molecule has 2 aromatic rings. The average molecular weight is 487 g/mol. The van der Waals surface area contributed by atoms with Gasteiger partial charge in [-0.15, -0.1) is 0 Å². The van der Waals surface area contributed by atoms with Gasteiger partial charge in [-0.05, 0) is 47.4 Å². The maximum atomic E-state index is 12.5. The minimum Gasteiger partial charge on any atom is -0.480 e. The summed E-state index contributed by atoms with van der Waals surface area (Å²) in [5, 5.41) is 14.0. The van der Waals surface area contributed by atoms with Crippen molar-refractivity contribution in [1.29, 1.82) is 0 Å². The first kappa shape index (κ1) is 24.6. The van der Waals surface area contributed by atoms with Crippen LogP contribution in [0.5, 0.6) is 0 Å². The van der Waals surface area contributed by atoms with E-state index in [0.717, 1.165) is 22.3 Å². The van der Waals surface area contributed by atoms with Crippen LogP contribution in [0, 0.1) is 5.92 Å². The highest BCUT2D eigenvalue weighted by molar-refractivity contribution is 5.83. The van der Waals surface area contributed by atoms with E-state index in [1.165, 1.54) is 0 Å². The number of halogens is 2. The number of rotatable bonds is 9. The quantitative estimate of drug-likeness (QED) is 0.490. The van der Waals surface area contributed by atoms with Gasteiger partial charge in [-0.1, -0.05) is 48.5 Å². The molecule has 1 saturated carbocycles. The van der Waals surface area contributed by atoms with Gasteiger partial charge < -0.3 is 20.5 Å². The predicted octanol–water partition coefficient (Wildman–Crippen LogP) is 4.31. The Balaban J connectivity index is 1.24. The summed E-state index contributed by atoms with van der Waals surface area (Å²) in [5.41, 5.74) is 4.54. The Morgan fingerprint density at radius 3 is 2.23 bits per heavy atom. The number of ether oxygens (including phenoxy) is 1. The fourth-order valence-corrected chi connectivity index (χ4v) is 5.11. The van der Waals surface area contributed by atoms with E-state index in [1.54, 1.807) is 0 Å². The molecule has 3 atom stereocenters. The number of hydrogen-bond acceptors (Lipinski definition) is 4. The van der Waals surface area contributed by atoms with E-state index in [-0.39, 0.29) is 30.9 Å². The maximum Gasteiger partial charge on any atom is 0.407 e. The predicted molar refractivity (Wildman–Crippen MR) is 124 cm³/mol. The zero-order valence-corrected chi connectivity index (χ0v) is 19.1. The summed E-state index contributed by atoms with van der Waals surface area (Å²) < 4.78 is 30.6. The number of fused-ring (bicyclic) bond motifs is 3. The van der Waals surface area contributed by atoms with Crippen LogP contribution in [0.3, 0.4) is 0 Å². The molecule has 2 aromatic carbocycles. The molecular formula is C26H28F2N2O5. The second-order valence-electron chi connectivity index (χ2n) is 9.14.